The van der Waals surface area contributed by atoms with E-state index < -0.39 is 12.1 Å². The number of ether oxygens (including phenoxy) is 1. The van der Waals surface area contributed by atoms with Crippen molar-refractivity contribution in [2.75, 3.05) is 40.3 Å². The van der Waals surface area contributed by atoms with Gasteiger partial charge in [0, 0.05) is 24.7 Å². The van der Waals surface area contributed by atoms with Crippen molar-refractivity contribution in [1.82, 2.24) is 15.1 Å². The van der Waals surface area contributed by atoms with Crippen molar-refractivity contribution in [3.05, 3.63) is 34.9 Å². The third-order valence-electron chi connectivity index (χ3n) is 5.05. The summed E-state index contributed by atoms with van der Waals surface area (Å²) in [5.41, 5.74) is 0.711. The lowest BCUT2D eigenvalue weighted by atomic mass is 9.94. The molecule has 2 heterocycles. The minimum atomic E-state index is -0.738. The number of morpholine rings is 1. The lowest BCUT2D eigenvalue weighted by Crippen LogP contribution is -2.54. The van der Waals surface area contributed by atoms with Crippen molar-refractivity contribution in [3.8, 4) is 0 Å². The molecule has 1 N–H and O–H groups in total. The normalized spacial score (nSPS) is 24.6. The zero-order valence-corrected chi connectivity index (χ0v) is 16.0. The van der Waals surface area contributed by atoms with Gasteiger partial charge in [-0.2, -0.15) is 0 Å². The average molecular weight is 380 g/mol. The lowest BCUT2D eigenvalue weighted by molar-refractivity contribution is -0.156. The number of benzene rings is 1. The van der Waals surface area contributed by atoms with Gasteiger partial charge in [-0.25, -0.2) is 0 Å². The largest absolute Gasteiger partial charge is 0.356 e. The fourth-order valence-corrected chi connectivity index (χ4v) is 4.02. The number of carbonyl (C=O) groups excluding carboxylic acids is 2. The zero-order chi connectivity index (χ0) is 18.7. The van der Waals surface area contributed by atoms with Crippen molar-refractivity contribution in [3.63, 3.8) is 0 Å². The topological polar surface area (TPSA) is 61.9 Å². The number of nitrogens with zero attached hydrogens (tertiary/aromatic N) is 2. The highest BCUT2D eigenvalue weighted by Crippen LogP contribution is 2.30. The van der Waals surface area contributed by atoms with Gasteiger partial charge in [0.15, 0.2) is 6.10 Å². The molecular weight excluding hydrogens is 354 g/mol. The maximum atomic E-state index is 13.1. The van der Waals surface area contributed by atoms with Crippen molar-refractivity contribution in [2.45, 2.75) is 25.0 Å². The Kier molecular flexibility index (Phi) is 6.16. The number of rotatable bonds is 4. The summed E-state index contributed by atoms with van der Waals surface area (Å²) in [5.74, 6) is 0.308. The average Bonchev–Trinajstić information content (AvgIpc) is 2.62. The molecule has 7 heteroatoms. The van der Waals surface area contributed by atoms with Gasteiger partial charge in [0.25, 0.3) is 5.91 Å². The Bertz CT molecular complexity index is 659. The van der Waals surface area contributed by atoms with E-state index in [0.717, 1.165) is 32.5 Å². The van der Waals surface area contributed by atoms with E-state index in [4.69, 9.17) is 16.3 Å². The number of piperidine rings is 1. The molecule has 0 unspecified atom stereocenters. The number of hydrogen-bond donors (Lipinski definition) is 1. The van der Waals surface area contributed by atoms with Gasteiger partial charge >= 0.3 is 0 Å². The van der Waals surface area contributed by atoms with E-state index in [-0.39, 0.29) is 18.4 Å². The summed E-state index contributed by atoms with van der Waals surface area (Å²) in [6, 6.07) is 6.69. The predicted octanol–water partition coefficient (Wildman–Crippen LogP) is 1.70. The van der Waals surface area contributed by atoms with Gasteiger partial charge in [-0.3, -0.25) is 9.59 Å². The summed E-state index contributed by atoms with van der Waals surface area (Å²) in [7, 11) is 4.15. The molecule has 0 aromatic heterocycles. The smallest absolute Gasteiger partial charge is 0.254 e. The predicted molar refractivity (Wildman–Crippen MR) is 99.9 cm³/mol. The molecular formula is C19H26ClN3O3. The number of likely N-dealkylation sites (tertiary alicyclic amines) is 1. The van der Waals surface area contributed by atoms with Crippen molar-refractivity contribution < 1.29 is 14.3 Å². The van der Waals surface area contributed by atoms with E-state index in [1.807, 2.05) is 23.1 Å². The molecule has 2 saturated heterocycles. The van der Waals surface area contributed by atoms with Crippen LogP contribution in [-0.2, 0) is 14.3 Å². The second-order valence-electron chi connectivity index (χ2n) is 7.33. The Morgan fingerprint density at radius 2 is 2.00 bits per heavy atom. The van der Waals surface area contributed by atoms with E-state index >= 15 is 0 Å². The van der Waals surface area contributed by atoms with Crippen LogP contribution in [0.5, 0.6) is 0 Å². The number of halogens is 1. The van der Waals surface area contributed by atoms with E-state index in [9.17, 15) is 9.59 Å². The number of hydrogen-bond acceptors (Lipinski definition) is 4. The van der Waals surface area contributed by atoms with E-state index in [2.05, 4.69) is 24.3 Å². The molecule has 0 saturated carbocycles. The summed E-state index contributed by atoms with van der Waals surface area (Å²) in [6.07, 6.45) is 1.23. The molecule has 1 aromatic carbocycles. The summed E-state index contributed by atoms with van der Waals surface area (Å²) in [5, 5.41) is 3.40. The third-order valence-corrected chi connectivity index (χ3v) is 5.39. The maximum absolute atomic E-state index is 13.1. The lowest BCUT2D eigenvalue weighted by Gasteiger charge is -2.38. The fraction of sp³-hybridized carbons (Fsp3) is 0.579. The van der Waals surface area contributed by atoms with Gasteiger partial charge in [-0.1, -0.05) is 29.8 Å². The van der Waals surface area contributed by atoms with Crippen molar-refractivity contribution in [1.29, 1.82) is 0 Å². The van der Waals surface area contributed by atoms with Crippen LogP contribution in [0, 0.1) is 5.92 Å². The van der Waals surface area contributed by atoms with E-state index in [0.29, 0.717) is 16.5 Å². The van der Waals surface area contributed by atoms with E-state index in [1.54, 1.807) is 6.07 Å². The van der Waals surface area contributed by atoms with Gasteiger partial charge in [0.05, 0.1) is 6.04 Å². The first-order valence-corrected chi connectivity index (χ1v) is 9.42. The molecule has 2 atom stereocenters. The molecule has 0 aliphatic carbocycles. The molecule has 142 valence electrons. The highest BCUT2D eigenvalue weighted by Gasteiger charge is 2.39. The Hall–Kier alpha value is -1.63. The summed E-state index contributed by atoms with van der Waals surface area (Å²) < 4.78 is 5.65. The molecule has 0 radical (unpaired) electrons. The number of amides is 2. The van der Waals surface area contributed by atoms with Gasteiger partial charge in [-0.05, 0) is 44.5 Å². The number of carbonyl (C=O) groups is 2. The minimum absolute atomic E-state index is 0.0711. The molecule has 6 nitrogen and oxygen atoms in total. The first-order valence-electron chi connectivity index (χ1n) is 9.04. The van der Waals surface area contributed by atoms with Gasteiger partial charge in [0.1, 0.15) is 6.61 Å². The Labute approximate surface area is 159 Å². The second-order valence-corrected chi connectivity index (χ2v) is 7.74. The van der Waals surface area contributed by atoms with Crippen LogP contribution in [0.4, 0.5) is 0 Å². The Morgan fingerprint density at radius 1 is 1.31 bits per heavy atom. The van der Waals surface area contributed by atoms with Gasteiger partial charge < -0.3 is 19.9 Å². The molecule has 0 bridgehead atoms. The van der Waals surface area contributed by atoms with Gasteiger partial charge in [0.2, 0.25) is 5.91 Å². The van der Waals surface area contributed by atoms with Crippen molar-refractivity contribution >= 4 is 23.4 Å². The van der Waals surface area contributed by atoms with Crippen LogP contribution >= 0.6 is 11.6 Å². The Balaban J connectivity index is 1.71. The first-order chi connectivity index (χ1) is 12.5. The highest BCUT2D eigenvalue weighted by molar-refractivity contribution is 6.31. The molecule has 2 fully saturated rings. The molecule has 3 rings (SSSR count). The van der Waals surface area contributed by atoms with Crippen LogP contribution in [0.2, 0.25) is 5.02 Å². The van der Waals surface area contributed by atoms with Crippen LogP contribution in [-0.4, -0.2) is 68.1 Å². The maximum Gasteiger partial charge on any atom is 0.254 e. The van der Waals surface area contributed by atoms with E-state index in [1.165, 1.54) is 0 Å². The number of nitrogens with one attached hydrogen (secondary N) is 1. The summed E-state index contributed by atoms with van der Waals surface area (Å²) in [6.45, 7) is 2.38. The first kappa shape index (κ1) is 19.1. The minimum Gasteiger partial charge on any atom is -0.356 e. The second kappa shape index (κ2) is 8.37. The molecule has 2 amide bonds. The molecule has 26 heavy (non-hydrogen) atoms. The zero-order valence-electron chi connectivity index (χ0n) is 15.3. The summed E-state index contributed by atoms with van der Waals surface area (Å²) in [4.78, 5) is 29.0. The van der Waals surface area contributed by atoms with Crippen LogP contribution in [0.1, 0.15) is 24.4 Å². The SMILES string of the molecule is CN(C)CC1CCN(C(=O)[C@H]2OCC(=O)N[C@@H]2c2ccccc2Cl)CC1. The van der Waals surface area contributed by atoms with Crippen LogP contribution < -0.4 is 5.32 Å². The summed E-state index contributed by atoms with van der Waals surface area (Å²) >= 11 is 6.29. The standard InChI is InChI=1S/C19H26ClN3O3/c1-22(2)11-13-7-9-23(10-8-13)19(25)18-17(21-16(24)12-26-18)14-5-3-4-6-15(14)20/h3-6,13,17-18H,7-12H2,1-2H3,(H,21,24)/t17-,18+/m1/s1. The molecule has 2 aliphatic rings. The van der Waals surface area contributed by atoms with Crippen LogP contribution in [0.15, 0.2) is 24.3 Å². The van der Waals surface area contributed by atoms with Crippen LogP contribution in [0.25, 0.3) is 0 Å². The van der Waals surface area contributed by atoms with Crippen LogP contribution in [0.3, 0.4) is 0 Å². The fourth-order valence-electron chi connectivity index (χ4n) is 3.77. The van der Waals surface area contributed by atoms with Crippen molar-refractivity contribution in [2.24, 2.45) is 5.92 Å². The molecule has 2 aliphatic heterocycles. The quantitative estimate of drug-likeness (QED) is 0.864. The molecule has 1 aromatic rings. The van der Waals surface area contributed by atoms with Gasteiger partial charge in [-0.15, -0.1) is 0 Å². The third kappa shape index (κ3) is 4.37. The monoisotopic (exact) mass is 379 g/mol. The Morgan fingerprint density at radius 3 is 2.65 bits per heavy atom. The molecule has 0 spiro atoms. The highest BCUT2D eigenvalue weighted by atomic mass is 35.5.